The number of nitrogens with zero attached hydrogens (tertiary/aromatic N) is 4. The Hall–Kier alpha value is -3.39. The fourth-order valence-corrected chi connectivity index (χ4v) is 4.64. The molecule has 0 saturated carbocycles. The predicted octanol–water partition coefficient (Wildman–Crippen LogP) is 4.84. The first-order chi connectivity index (χ1) is 17.1. The van der Waals surface area contributed by atoms with Crippen LogP contribution in [-0.4, -0.2) is 54.9 Å². The molecular formula is C28H37N5O3. The number of piperidine rings is 1. The van der Waals surface area contributed by atoms with Crippen molar-refractivity contribution < 1.29 is 15.0 Å². The van der Waals surface area contributed by atoms with Gasteiger partial charge in [0, 0.05) is 24.3 Å². The smallest absolute Gasteiger partial charge is 0.289 e. The molecule has 3 N–H and O–H groups in total. The van der Waals surface area contributed by atoms with Crippen molar-refractivity contribution in [2.75, 3.05) is 13.1 Å². The zero-order chi connectivity index (χ0) is 26.0. The molecule has 0 radical (unpaired) electrons. The SMILES string of the molecule is CC1CCN(Cc2ccc(-n3c(C(=O)NC(C)C)nnc3-c3cc(C(C)C)c(O)cc3O)cc2)CC1. The first kappa shape index (κ1) is 25.7. The second-order valence-corrected chi connectivity index (χ2v) is 10.5. The van der Waals surface area contributed by atoms with E-state index in [1.807, 2.05) is 39.8 Å². The lowest BCUT2D eigenvalue weighted by Crippen LogP contribution is -2.32. The first-order valence-electron chi connectivity index (χ1n) is 12.8. The molecule has 0 unspecified atom stereocenters. The number of likely N-dealkylation sites (tertiary alicyclic amines) is 1. The van der Waals surface area contributed by atoms with Crippen LogP contribution in [-0.2, 0) is 6.54 Å². The highest BCUT2D eigenvalue weighted by Crippen LogP contribution is 2.38. The third-order valence-corrected chi connectivity index (χ3v) is 6.77. The van der Waals surface area contributed by atoms with Crippen molar-refractivity contribution >= 4 is 5.91 Å². The van der Waals surface area contributed by atoms with E-state index in [0.717, 1.165) is 31.2 Å². The van der Waals surface area contributed by atoms with Crippen LogP contribution in [0.15, 0.2) is 36.4 Å². The fourth-order valence-electron chi connectivity index (χ4n) is 4.64. The summed E-state index contributed by atoms with van der Waals surface area (Å²) in [4.78, 5) is 15.5. The third kappa shape index (κ3) is 5.54. The molecule has 0 spiro atoms. The van der Waals surface area contributed by atoms with Crippen LogP contribution < -0.4 is 5.32 Å². The minimum absolute atomic E-state index is 0.0200. The molecule has 192 valence electrons. The highest BCUT2D eigenvalue weighted by molar-refractivity contribution is 5.92. The summed E-state index contributed by atoms with van der Waals surface area (Å²) in [6.45, 7) is 13.1. The van der Waals surface area contributed by atoms with Crippen molar-refractivity contribution in [3.8, 4) is 28.6 Å². The average molecular weight is 492 g/mol. The van der Waals surface area contributed by atoms with Gasteiger partial charge in [0.05, 0.1) is 5.56 Å². The average Bonchev–Trinajstić information content (AvgIpc) is 3.25. The number of nitrogens with one attached hydrogen (secondary N) is 1. The number of amides is 1. The Kier molecular flexibility index (Phi) is 7.64. The van der Waals surface area contributed by atoms with Gasteiger partial charge in [0.1, 0.15) is 11.5 Å². The number of hydrogen-bond donors (Lipinski definition) is 3. The van der Waals surface area contributed by atoms with Crippen molar-refractivity contribution in [2.24, 2.45) is 5.92 Å². The van der Waals surface area contributed by atoms with Crippen LogP contribution in [0.2, 0.25) is 0 Å². The molecule has 0 aliphatic carbocycles. The number of hydrogen-bond acceptors (Lipinski definition) is 6. The van der Waals surface area contributed by atoms with Gasteiger partial charge < -0.3 is 15.5 Å². The highest BCUT2D eigenvalue weighted by atomic mass is 16.3. The Morgan fingerprint density at radius 2 is 1.69 bits per heavy atom. The zero-order valence-corrected chi connectivity index (χ0v) is 21.8. The summed E-state index contributed by atoms with van der Waals surface area (Å²) in [7, 11) is 0. The van der Waals surface area contributed by atoms with E-state index in [2.05, 4.69) is 39.5 Å². The van der Waals surface area contributed by atoms with E-state index >= 15 is 0 Å². The van der Waals surface area contributed by atoms with Gasteiger partial charge in [-0.3, -0.25) is 14.3 Å². The molecule has 36 heavy (non-hydrogen) atoms. The van der Waals surface area contributed by atoms with Crippen LogP contribution in [0.25, 0.3) is 17.1 Å². The van der Waals surface area contributed by atoms with Crippen LogP contribution in [0.3, 0.4) is 0 Å². The molecule has 0 bridgehead atoms. The minimum Gasteiger partial charge on any atom is -0.508 e. The maximum absolute atomic E-state index is 13.0. The number of rotatable bonds is 7. The summed E-state index contributed by atoms with van der Waals surface area (Å²) < 4.78 is 1.67. The molecule has 4 rings (SSSR count). The molecule has 1 saturated heterocycles. The third-order valence-electron chi connectivity index (χ3n) is 6.77. The molecule has 1 aromatic heterocycles. The van der Waals surface area contributed by atoms with E-state index in [9.17, 15) is 15.0 Å². The van der Waals surface area contributed by atoms with Crippen LogP contribution in [0.1, 0.15) is 75.1 Å². The molecule has 1 fully saturated rings. The van der Waals surface area contributed by atoms with E-state index in [4.69, 9.17) is 0 Å². The van der Waals surface area contributed by atoms with E-state index in [1.54, 1.807) is 10.6 Å². The molecule has 1 aliphatic heterocycles. The van der Waals surface area contributed by atoms with Crippen molar-refractivity contribution in [3.05, 3.63) is 53.3 Å². The molecular weight excluding hydrogens is 454 g/mol. The van der Waals surface area contributed by atoms with Gasteiger partial charge in [0.25, 0.3) is 5.91 Å². The lowest BCUT2D eigenvalue weighted by molar-refractivity contribution is 0.0930. The maximum atomic E-state index is 13.0. The Morgan fingerprint density at radius 3 is 2.31 bits per heavy atom. The quantitative estimate of drug-likeness (QED) is 0.437. The molecule has 1 amide bonds. The van der Waals surface area contributed by atoms with Crippen molar-refractivity contribution in [3.63, 3.8) is 0 Å². The van der Waals surface area contributed by atoms with Gasteiger partial charge in [0.15, 0.2) is 5.82 Å². The van der Waals surface area contributed by atoms with Gasteiger partial charge in [-0.05, 0) is 80.9 Å². The molecule has 3 aromatic rings. The molecule has 1 aliphatic rings. The summed E-state index contributed by atoms with van der Waals surface area (Å²) in [6, 6.07) is 11.0. The van der Waals surface area contributed by atoms with E-state index in [-0.39, 0.29) is 35.2 Å². The topological polar surface area (TPSA) is 104 Å². The number of aromatic hydroxyl groups is 2. The van der Waals surface area contributed by atoms with Gasteiger partial charge in [-0.2, -0.15) is 0 Å². The Bertz CT molecular complexity index is 1210. The molecule has 8 nitrogen and oxygen atoms in total. The number of benzene rings is 2. The maximum Gasteiger partial charge on any atom is 0.289 e. The van der Waals surface area contributed by atoms with Crippen molar-refractivity contribution in [1.29, 1.82) is 0 Å². The monoisotopic (exact) mass is 491 g/mol. The largest absolute Gasteiger partial charge is 0.508 e. The minimum atomic E-state index is -0.349. The molecule has 2 aromatic carbocycles. The van der Waals surface area contributed by atoms with Gasteiger partial charge >= 0.3 is 0 Å². The number of carbonyl (C=O) groups excluding carboxylic acids is 1. The van der Waals surface area contributed by atoms with E-state index in [0.29, 0.717) is 17.0 Å². The standard InChI is InChI=1S/C28H37N5O3/c1-17(2)22-14-23(25(35)15-24(22)34)26-30-31-27(28(36)29-18(3)4)33(26)21-8-6-20(7-9-21)16-32-12-10-19(5)11-13-32/h6-9,14-15,17-19,34-35H,10-13,16H2,1-5H3,(H,29,36). The van der Waals surface area contributed by atoms with Crippen molar-refractivity contribution in [1.82, 2.24) is 25.0 Å². The predicted molar refractivity (Wildman–Crippen MR) is 140 cm³/mol. The highest BCUT2D eigenvalue weighted by Gasteiger charge is 2.25. The second kappa shape index (κ2) is 10.7. The Morgan fingerprint density at radius 1 is 1.03 bits per heavy atom. The van der Waals surface area contributed by atoms with Gasteiger partial charge in [-0.15, -0.1) is 10.2 Å². The zero-order valence-electron chi connectivity index (χ0n) is 21.8. The number of phenols is 2. The Labute approximate surface area is 213 Å². The lowest BCUT2D eigenvalue weighted by Gasteiger charge is -2.30. The summed E-state index contributed by atoms with van der Waals surface area (Å²) in [5.74, 6) is 0.831. The van der Waals surface area contributed by atoms with Gasteiger partial charge in [-0.1, -0.05) is 32.9 Å². The van der Waals surface area contributed by atoms with E-state index in [1.165, 1.54) is 24.5 Å². The normalized spacial score (nSPS) is 15.1. The van der Waals surface area contributed by atoms with Crippen LogP contribution in [0.4, 0.5) is 0 Å². The second-order valence-electron chi connectivity index (χ2n) is 10.5. The van der Waals surface area contributed by atoms with Crippen molar-refractivity contribution in [2.45, 2.75) is 66.0 Å². The van der Waals surface area contributed by atoms with Gasteiger partial charge in [0.2, 0.25) is 5.82 Å². The summed E-state index contributed by atoms with van der Waals surface area (Å²) in [5.41, 5.74) is 3.00. The number of carbonyl (C=O) groups is 1. The summed E-state index contributed by atoms with van der Waals surface area (Å²) in [5, 5.41) is 32.4. The van der Waals surface area contributed by atoms with Crippen LogP contribution in [0, 0.1) is 5.92 Å². The van der Waals surface area contributed by atoms with E-state index < -0.39 is 0 Å². The number of aromatic nitrogens is 3. The summed E-state index contributed by atoms with van der Waals surface area (Å²) >= 11 is 0. The summed E-state index contributed by atoms with van der Waals surface area (Å²) in [6.07, 6.45) is 2.45. The first-order valence-corrected chi connectivity index (χ1v) is 12.8. The molecule has 0 atom stereocenters. The lowest BCUT2D eigenvalue weighted by atomic mass is 9.98. The number of phenolic OH excluding ortho intramolecular Hbond substituents is 2. The fraction of sp³-hybridized carbons (Fsp3) is 0.464. The van der Waals surface area contributed by atoms with Gasteiger partial charge in [-0.25, -0.2) is 0 Å². The van der Waals surface area contributed by atoms with Crippen LogP contribution in [0.5, 0.6) is 11.5 Å². The Balaban J connectivity index is 1.74. The van der Waals surface area contributed by atoms with Crippen LogP contribution >= 0.6 is 0 Å². The molecule has 8 heteroatoms. The molecule has 2 heterocycles.